The predicted octanol–water partition coefficient (Wildman–Crippen LogP) is 2.80. The van der Waals surface area contributed by atoms with Crippen LogP contribution in [0.2, 0.25) is 0 Å². The third kappa shape index (κ3) is 3.67. The minimum absolute atomic E-state index is 0.146. The SMILES string of the molecule is Cc1cc(N2CCN(C(=O)c3cccs3)CC2)nc(N2CCCCC2)n1. The van der Waals surface area contributed by atoms with Gasteiger partial charge < -0.3 is 14.7 Å². The van der Waals surface area contributed by atoms with Gasteiger partial charge in [-0.05, 0) is 37.6 Å². The second kappa shape index (κ2) is 7.61. The number of rotatable bonds is 3. The zero-order chi connectivity index (χ0) is 17.9. The Bertz CT molecular complexity index is 749. The van der Waals surface area contributed by atoms with Crippen molar-refractivity contribution >= 4 is 29.0 Å². The Hall–Kier alpha value is -2.15. The number of hydrogen-bond donors (Lipinski definition) is 0. The lowest BCUT2D eigenvalue weighted by atomic mass is 10.1. The van der Waals surface area contributed by atoms with Crippen LogP contribution in [0.4, 0.5) is 11.8 Å². The van der Waals surface area contributed by atoms with Gasteiger partial charge in [0.1, 0.15) is 5.82 Å². The summed E-state index contributed by atoms with van der Waals surface area (Å²) in [6.07, 6.45) is 3.74. The minimum Gasteiger partial charge on any atom is -0.353 e. The lowest BCUT2D eigenvalue weighted by Gasteiger charge is -2.36. The predicted molar refractivity (Wildman–Crippen MR) is 105 cm³/mol. The third-order valence-corrected chi connectivity index (χ3v) is 5.95. The zero-order valence-corrected chi connectivity index (χ0v) is 16.0. The van der Waals surface area contributed by atoms with E-state index in [0.717, 1.165) is 61.6 Å². The second-order valence-electron chi connectivity index (χ2n) is 6.97. The van der Waals surface area contributed by atoms with Gasteiger partial charge in [0.05, 0.1) is 4.88 Å². The van der Waals surface area contributed by atoms with Gasteiger partial charge in [-0.1, -0.05) is 6.07 Å². The first kappa shape index (κ1) is 17.3. The molecule has 1 amide bonds. The van der Waals surface area contributed by atoms with Crippen LogP contribution in [0.25, 0.3) is 0 Å². The fourth-order valence-electron chi connectivity index (χ4n) is 3.63. The summed E-state index contributed by atoms with van der Waals surface area (Å²) >= 11 is 1.51. The summed E-state index contributed by atoms with van der Waals surface area (Å²) in [5.74, 6) is 1.99. The van der Waals surface area contributed by atoms with E-state index in [2.05, 4.69) is 20.9 Å². The number of aryl methyl sites for hydroxylation is 1. The Morgan fingerprint density at radius 1 is 1.00 bits per heavy atom. The molecule has 26 heavy (non-hydrogen) atoms. The largest absolute Gasteiger partial charge is 0.353 e. The highest BCUT2D eigenvalue weighted by Crippen LogP contribution is 2.22. The zero-order valence-electron chi connectivity index (χ0n) is 15.2. The van der Waals surface area contributed by atoms with Gasteiger partial charge in [0.2, 0.25) is 5.95 Å². The smallest absolute Gasteiger partial charge is 0.264 e. The van der Waals surface area contributed by atoms with Crippen LogP contribution in [0.1, 0.15) is 34.6 Å². The maximum atomic E-state index is 12.5. The number of thiophene rings is 1. The topological polar surface area (TPSA) is 52.6 Å². The molecule has 0 aromatic carbocycles. The fourth-order valence-corrected chi connectivity index (χ4v) is 4.32. The molecule has 0 unspecified atom stereocenters. The summed E-state index contributed by atoms with van der Waals surface area (Å²) in [4.78, 5) is 29.3. The Morgan fingerprint density at radius 2 is 1.77 bits per heavy atom. The van der Waals surface area contributed by atoms with E-state index in [4.69, 9.17) is 4.98 Å². The van der Waals surface area contributed by atoms with E-state index in [1.54, 1.807) is 0 Å². The van der Waals surface area contributed by atoms with Crippen LogP contribution in [-0.2, 0) is 0 Å². The van der Waals surface area contributed by atoms with Gasteiger partial charge >= 0.3 is 0 Å². The number of carbonyl (C=O) groups excluding carboxylic acids is 1. The van der Waals surface area contributed by atoms with Gasteiger partial charge in [-0.2, -0.15) is 4.98 Å². The molecule has 0 atom stereocenters. The molecule has 0 N–H and O–H groups in total. The maximum Gasteiger partial charge on any atom is 0.264 e. The molecule has 2 aromatic rings. The second-order valence-corrected chi connectivity index (χ2v) is 7.92. The van der Waals surface area contributed by atoms with E-state index in [9.17, 15) is 4.79 Å². The van der Waals surface area contributed by atoms with Crippen LogP contribution in [0.5, 0.6) is 0 Å². The molecule has 0 saturated carbocycles. The molecule has 7 heteroatoms. The first-order valence-corrected chi connectivity index (χ1v) is 10.3. The number of amides is 1. The van der Waals surface area contributed by atoms with E-state index in [-0.39, 0.29) is 5.91 Å². The molecule has 0 aliphatic carbocycles. The van der Waals surface area contributed by atoms with Gasteiger partial charge in [-0.15, -0.1) is 11.3 Å². The standard InChI is InChI=1S/C19H25N5OS/c1-15-14-17(21-19(20-15)24-7-3-2-4-8-24)22-9-11-23(12-10-22)18(25)16-6-5-13-26-16/h5-6,13-14H,2-4,7-12H2,1H3. The van der Waals surface area contributed by atoms with Crippen LogP contribution in [0.3, 0.4) is 0 Å². The van der Waals surface area contributed by atoms with Gasteiger partial charge in [0.25, 0.3) is 5.91 Å². The minimum atomic E-state index is 0.146. The number of aromatic nitrogens is 2. The summed E-state index contributed by atoms with van der Waals surface area (Å²) < 4.78 is 0. The molecule has 2 aliphatic rings. The molecule has 2 fully saturated rings. The summed E-state index contributed by atoms with van der Waals surface area (Å²) in [6, 6.07) is 5.89. The lowest BCUT2D eigenvalue weighted by molar-refractivity contribution is 0.0751. The number of piperidine rings is 1. The van der Waals surface area contributed by atoms with E-state index < -0.39 is 0 Å². The number of hydrogen-bond acceptors (Lipinski definition) is 6. The lowest BCUT2D eigenvalue weighted by Crippen LogP contribution is -2.49. The van der Waals surface area contributed by atoms with Gasteiger partial charge in [0.15, 0.2) is 0 Å². The Labute approximate surface area is 158 Å². The van der Waals surface area contributed by atoms with Crippen molar-refractivity contribution in [2.24, 2.45) is 0 Å². The number of piperazine rings is 1. The van der Waals surface area contributed by atoms with E-state index >= 15 is 0 Å². The first-order chi connectivity index (χ1) is 12.7. The Kier molecular flexibility index (Phi) is 5.06. The van der Waals surface area contributed by atoms with Crippen LogP contribution in [-0.4, -0.2) is 60.0 Å². The summed E-state index contributed by atoms with van der Waals surface area (Å²) in [5, 5.41) is 1.95. The molecule has 138 valence electrons. The molecular formula is C19H25N5OS. The molecule has 2 aliphatic heterocycles. The normalized spacial score (nSPS) is 18.3. The van der Waals surface area contributed by atoms with Crippen molar-refractivity contribution in [3.05, 3.63) is 34.2 Å². The summed E-state index contributed by atoms with van der Waals surface area (Å²) in [5.41, 5.74) is 1.01. The summed E-state index contributed by atoms with van der Waals surface area (Å²) in [6.45, 7) is 7.23. The third-order valence-electron chi connectivity index (χ3n) is 5.09. The number of nitrogens with zero attached hydrogens (tertiary/aromatic N) is 5. The van der Waals surface area contributed by atoms with Crippen molar-refractivity contribution < 1.29 is 4.79 Å². The quantitative estimate of drug-likeness (QED) is 0.830. The van der Waals surface area contributed by atoms with Crippen LogP contribution in [0, 0.1) is 6.92 Å². The Morgan fingerprint density at radius 3 is 2.46 bits per heavy atom. The first-order valence-electron chi connectivity index (χ1n) is 9.39. The number of carbonyl (C=O) groups is 1. The van der Waals surface area contributed by atoms with Crippen molar-refractivity contribution in [2.75, 3.05) is 49.1 Å². The highest BCUT2D eigenvalue weighted by molar-refractivity contribution is 7.12. The highest BCUT2D eigenvalue weighted by atomic mass is 32.1. The highest BCUT2D eigenvalue weighted by Gasteiger charge is 2.24. The monoisotopic (exact) mass is 371 g/mol. The molecule has 0 spiro atoms. The average molecular weight is 372 g/mol. The Balaban J connectivity index is 1.44. The van der Waals surface area contributed by atoms with Crippen molar-refractivity contribution in [1.29, 1.82) is 0 Å². The molecule has 4 heterocycles. The fraction of sp³-hybridized carbons (Fsp3) is 0.526. The van der Waals surface area contributed by atoms with E-state index in [1.165, 1.54) is 30.6 Å². The van der Waals surface area contributed by atoms with E-state index in [0.29, 0.717) is 0 Å². The molecule has 2 aromatic heterocycles. The molecular weight excluding hydrogens is 346 g/mol. The molecule has 6 nitrogen and oxygen atoms in total. The van der Waals surface area contributed by atoms with Crippen molar-refractivity contribution in [1.82, 2.24) is 14.9 Å². The van der Waals surface area contributed by atoms with Crippen LogP contribution >= 0.6 is 11.3 Å². The van der Waals surface area contributed by atoms with Gasteiger partial charge in [0, 0.05) is 51.0 Å². The average Bonchev–Trinajstić information content (AvgIpc) is 3.22. The van der Waals surface area contributed by atoms with Crippen molar-refractivity contribution in [2.45, 2.75) is 26.2 Å². The van der Waals surface area contributed by atoms with Crippen LogP contribution < -0.4 is 9.80 Å². The maximum absolute atomic E-state index is 12.5. The van der Waals surface area contributed by atoms with Gasteiger partial charge in [-0.25, -0.2) is 4.98 Å². The summed E-state index contributed by atoms with van der Waals surface area (Å²) in [7, 11) is 0. The molecule has 2 saturated heterocycles. The van der Waals surface area contributed by atoms with Gasteiger partial charge in [-0.3, -0.25) is 4.79 Å². The van der Waals surface area contributed by atoms with Crippen LogP contribution in [0.15, 0.2) is 23.6 Å². The van der Waals surface area contributed by atoms with Crippen molar-refractivity contribution in [3.63, 3.8) is 0 Å². The molecule has 0 radical (unpaired) electrons. The molecule has 0 bridgehead atoms. The van der Waals surface area contributed by atoms with E-state index in [1.807, 2.05) is 29.3 Å². The van der Waals surface area contributed by atoms with Crippen molar-refractivity contribution in [3.8, 4) is 0 Å². The molecule has 4 rings (SSSR count). The number of anilines is 2.